The molecular formula is C13H13F2N3. The molecule has 0 aliphatic heterocycles. The van der Waals surface area contributed by atoms with Gasteiger partial charge in [-0.25, -0.2) is 18.7 Å². The highest BCUT2D eigenvalue weighted by Gasteiger charge is 2.21. The first-order chi connectivity index (χ1) is 8.50. The summed E-state index contributed by atoms with van der Waals surface area (Å²) in [7, 11) is 0. The van der Waals surface area contributed by atoms with Crippen LogP contribution in [-0.2, 0) is 0 Å². The van der Waals surface area contributed by atoms with E-state index in [9.17, 15) is 8.78 Å². The van der Waals surface area contributed by atoms with Gasteiger partial charge in [0.15, 0.2) is 0 Å². The summed E-state index contributed by atoms with van der Waals surface area (Å²) in [4.78, 5) is 7.99. The zero-order chi connectivity index (χ0) is 13.3. The van der Waals surface area contributed by atoms with Gasteiger partial charge in [-0.15, -0.1) is 0 Å². The maximum absolute atomic E-state index is 13.9. The molecule has 0 spiro atoms. The van der Waals surface area contributed by atoms with Crippen LogP contribution in [0.4, 0.5) is 8.78 Å². The Bertz CT molecular complexity index is 567. The van der Waals surface area contributed by atoms with Gasteiger partial charge in [-0.1, -0.05) is 6.07 Å². The van der Waals surface area contributed by atoms with Crippen LogP contribution < -0.4 is 5.73 Å². The fourth-order valence-corrected chi connectivity index (χ4v) is 1.66. The van der Waals surface area contributed by atoms with Crippen LogP contribution in [0.5, 0.6) is 0 Å². The second-order valence-electron chi connectivity index (χ2n) is 4.19. The summed E-state index contributed by atoms with van der Waals surface area (Å²) >= 11 is 0. The second kappa shape index (κ2) is 4.78. The number of hydrogen-bond donors (Lipinski definition) is 1. The minimum Gasteiger partial charge on any atom is -0.317 e. The molecular weight excluding hydrogens is 236 g/mol. The number of nitrogens with zero attached hydrogens (tertiary/aromatic N) is 2. The molecule has 0 saturated heterocycles. The van der Waals surface area contributed by atoms with Gasteiger partial charge < -0.3 is 5.73 Å². The molecule has 0 aliphatic rings. The summed E-state index contributed by atoms with van der Waals surface area (Å²) in [6, 6.07) is 1.56. The van der Waals surface area contributed by atoms with Crippen molar-refractivity contribution in [3.8, 4) is 0 Å². The van der Waals surface area contributed by atoms with Crippen LogP contribution in [0.1, 0.15) is 28.6 Å². The van der Waals surface area contributed by atoms with E-state index in [0.717, 1.165) is 5.56 Å². The first-order valence-electron chi connectivity index (χ1n) is 5.49. The molecule has 0 fully saturated rings. The van der Waals surface area contributed by atoms with Gasteiger partial charge in [-0.05, 0) is 31.0 Å². The third kappa shape index (κ3) is 2.22. The molecule has 18 heavy (non-hydrogen) atoms. The van der Waals surface area contributed by atoms with Gasteiger partial charge in [0.05, 0.1) is 6.04 Å². The predicted molar refractivity (Wildman–Crippen MR) is 63.9 cm³/mol. The van der Waals surface area contributed by atoms with Gasteiger partial charge in [0.25, 0.3) is 0 Å². The number of rotatable bonds is 2. The Morgan fingerprint density at radius 2 is 1.72 bits per heavy atom. The predicted octanol–water partition coefficient (Wildman–Crippen LogP) is 2.42. The van der Waals surface area contributed by atoms with E-state index in [0.29, 0.717) is 5.56 Å². The van der Waals surface area contributed by atoms with Crippen molar-refractivity contribution in [2.75, 3.05) is 0 Å². The average Bonchev–Trinajstić information content (AvgIpc) is 2.35. The van der Waals surface area contributed by atoms with E-state index >= 15 is 0 Å². The number of hydrogen-bond acceptors (Lipinski definition) is 3. The standard InChI is InChI=1S/C13H13F2N3/c1-7-5-17-13(18-6-7)12(16)10-9(14)4-3-8(2)11(10)15/h3-6,12H,16H2,1-2H3. The molecule has 1 aromatic carbocycles. The van der Waals surface area contributed by atoms with E-state index in [1.807, 2.05) is 6.92 Å². The summed E-state index contributed by atoms with van der Waals surface area (Å²) < 4.78 is 27.6. The topological polar surface area (TPSA) is 51.8 Å². The molecule has 2 rings (SSSR count). The third-order valence-electron chi connectivity index (χ3n) is 2.71. The molecule has 0 amide bonds. The minimum absolute atomic E-state index is 0.196. The van der Waals surface area contributed by atoms with Gasteiger partial charge in [0, 0.05) is 18.0 Å². The lowest BCUT2D eigenvalue weighted by Gasteiger charge is -2.13. The largest absolute Gasteiger partial charge is 0.317 e. The Labute approximate surface area is 104 Å². The molecule has 1 atom stereocenters. The monoisotopic (exact) mass is 249 g/mol. The van der Waals surface area contributed by atoms with Crippen molar-refractivity contribution >= 4 is 0 Å². The fourth-order valence-electron chi connectivity index (χ4n) is 1.66. The van der Waals surface area contributed by atoms with Gasteiger partial charge in [-0.3, -0.25) is 0 Å². The molecule has 1 unspecified atom stereocenters. The molecule has 0 radical (unpaired) electrons. The van der Waals surface area contributed by atoms with Crippen molar-refractivity contribution in [1.82, 2.24) is 9.97 Å². The Morgan fingerprint density at radius 3 is 2.33 bits per heavy atom. The molecule has 0 saturated carbocycles. The quantitative estimate of drug-likeness (QED) is 0.889. The Balaban J connectivity index is 2.49. The highest BCUT2D eigenvalue weighted by molar-refractivity contribution is 5.32. The third-order valence-corrected chi connectivity index (χ3v) is 2.71. The number of aromatic nitrogens is 2. The summed E-state index contributed by atoms with van der Waals surface area (Å²) in [6.45, 7) is 3.38. The van der Waals surface area contributed by atoms with Gasteiger partial charge in [0.1, 0.15) is 17.5 Å². The fraction of sp³-hybridized carbons (Fsp3) is 0.231. The second-order valence-corrected chi connectivity index (χ2v) is 4.19. The van der Waals surface area contributed by atoms with Crippen LogP contribution in [-0.4, -0.2) is 9.97 Å². The molecule has 2 N–H and O–H groups in total. The normalized spacial score (nSPS) is 12.5. The molecule has 2 aromatic rings. The summed E-state index contributed by atoms with van der Waals surface area (Å²) in [5, 5.41) is 0. The summed E-state index contributed by atoms with van der Waals surface area (Å²) in [5.74, 6) is -1.13. The van der Waals surface area contributed by atoms with Crippen LogP contribution in [0.25, 0.3) is 0 Å². The van der Waals surface area contributed by atoms with Gasteiger partial charge in [-0.2, -0.15) is 0 Å². The lowest BCUT2D eigenvalue weighted by Crippen LogP contribution is -2.19. The Kier molecular flexibility index (Phi) is 3.34. The van der Waals surface area contributed by atoms with Gasteiger partial charge in [0.2, 0.25) is 0 Å². The lowest BCUT2D eigenvalue weighted by molar-refractivity contribution is 0.532. The van der Waals surface area contributed by atoms with E-state index in [-0.39, 0.29) is 11.4 Å². The van der Waals surface area contributed by atoms with Crippen molar-refractivity contribution in [3.63, 3.8) is 0 Å². The van der Waals surface area contributed by atoms with E-state index in [1.54, 1.807) is 19.3 Å². The number of nitrogens with two attached hydrogens (primary N) is 1. The molecule has 1 aromatic heterocycles. The average molecular weight is 249 g/mol. The zero-order valence-electron chi connectivity index (χ0n) is 10.1. The number of halogens is 2. The molecule has 0 bridgehead atoms. The summed E-state index contributed by atoms with van der Waals surface area (Å²) in [6.07, 6.45) is 3.13. The van der Waals surface area contributed by atoms with Crippen molar-refractivity contribution in [1.29, 1.82) is 0 Å². The highest BCUT2D eigenvalue weighted by atomic mass is 19.1. The van der Waals surface area contributed by atoms with E-state index in [1.165, 1.54) is 12.1 Å². The molecule has 0 aliphatic carbocycles. The zero-order valence-corrected chi connectivity index (χ0v) is 10.1. The summed E-state index contributed by atoms with van der Waals surface area (Å²) in [5.41, 5.74) is 6.84. The number of benzene rings is 1. The molecule has 5 heteroatoms. The van der Waals surface area contributed by atoms with Crippen LogP contribution >= 0.6 is 0 Å². The maximum atomic E-state index is 13.9. The Hall–Kier alpha value is -1.88. The Morgan fingerprint density at radius 1 is 1.11 bits per heavy atom. The van der Waals surface area contributed by atoms with Crippen molar-refractivity contribution in [2.45, 2.75) is 19.9 Å². The van der Waals surface area contributed by atoms with E-state index < -0.39 is 17.7 Å². The van der Waals surface area contributed by atoms with Crippen molar-refractivity contribution < 1.29 is 8.78 Å². The maximum Gasteiger partial charge on any atom is 0.149 e. The highest BCUT2D eigenvalue weighted by Crippen LogP contribution is 2.24. The SMILES string of the molecule is Cc1cnc(C(N)c2c(F)ccc(C)c2F)nc1. The van der Waals surface area contributed by atoms with Gasteiger partial charge >= 0.3 is 0 Å². The van der Waals surface area contributed by atoms with Crippen LogP contribution in [0.2, 0.25) is 0 Å². The molecule has 94 valence electrons. The van der Waals surface area contributed by atoms with Crippen molar-refractivity contribution in [3.05, 3.63) is 58.7 Å². The molecule has 1 heterocycles. The van der Waals surface area contributed by atoms with Crippen LogP contribution in [0, 0.1) is 25.5 Å². The molecule has 3 nitrogen and oxygen atoms in total. The van der Waals surface area contributed by atoms with Crippen LogP contribution in [0.15, 0.2) is 24.5 Å². The first kappa shape index (κ1) is 12.6. The van der Waals surface area contributed by atoms with E-state index in [2.05, 4.69) is 9.97 Å². The van der Waals surface area contributed by atoms with Crippen molar-refractivity contribution in [2.24, 2.45) is 5.73 Å². The lowest BCUT2D eigenvalue weighted by atomic mass is 10.0. The van der Waals surface area contributed by atoms with E-state index in [4.69, 9.17) is 5.73 Å². The number of aryl methyl sites for hydroxylation is 2. The van der Waals surface area contributed by atoms with Crippen LogP contribution in [0.3, 0.4) is 0 Å². The minimum atomic E-state index is -1.01. The smallest absolute Gasteiger partial charge is 0.149 e. The first-order valence-corrected chi connectivity index (χ1v) is 5.49.